The van der Waals surface area contributed by atoms with Gasteiger partial charge in [-0.1, -0.05) is 18.7 Å². The molecule has 1 radical (unpaired) electrons. The molecule has 0 aliphatic heterocycles. The minimum Gasteiger partial charge on any atom is -0.291 e. The van der Waals surface area contributed by atoms with E-state index < -0.39 is 0 Å². The van der Waals surface area contributed by atoms with Crippen molar-refractivity contribution in [2.45, 2.75) is 13.8 Å². The highest BCUT2D eigenvalue weighted by atomic mass is 32.2. The first kappa shape index (κ1) is 8.69. The van der Waals surface area contributed by atoms with E-state index >= 15 is 0 Å². The van der Waals surface area contributed by atoms with Crippen LogP contribution in [0.2, 0.25) is 0 Å². The molecule has 3 heteroatoms. The van der Waals surface area contributed by atoms with Gasteiger partial charge in [-0.15, -0.1) is 0 Å². The van der Waals surface area contributed by atoms with E-state index in [-0.39, 0.29) is 11.0 Å². The third kappa shape index (κ3) is 5.56. The van der Waals surface area contributed by atoms with E-state index in [2.05, 4.69) is 0 Å². The van der Waals surface area contributed by atoms with Gasteiger partial charge in [-0.3, -0.25) is 9.59 Å². The van der Waals surface area contributed by atoms with Gasteiger partial charge < -0.3 is 0 Å². The molecule has 0 aliphatic carbocycles. The lowest BCUT2D eigenvalue weighted by atomic mass is 10.3. The average molecular weight is 145 g/mol. The van der Waals surface area contributed by atoms with Crippen molar-refractivity contribution < 1.29 is 9.59 Å². The first-order valence-electron chi connectivity index (χ1n) is 2.68. The summed E-state index contributed by atoms with van der Waals surface area (Å²) in [5.74, 6) is 0.428. The Labute approximate surface area is 59.0 Å². The smallest absolute Gasteiger partial charge is 0.202 e. The maximum Gasteiger partial charge on any atom is 0.202 e. The Hall–Kier alpha value is -0.310. The van der Waals surface area contributed by atoms with Crippen LogP contribution in [0.25, 0.3) is 0 Å². The number of carbonyl (C=O) groups is 1. The molecule has 0 aliphatic rings. The van der Waals surface area contributed by atoms with Gasteiger partial charge in [-0.25, -0.2) is 0 Å². The Bertz CT molecular complexity index is 112. The quantitative estimate of drug-likeness (QED) is 0.594. The molecule has 0 aromatic rings. The van der Waals surface area contributed by atoms with Crippen LogP contribution in [-0.4, -0.2) is 17.2 Å². The Morgan fingerprint density at radius 2 is 2.33 bits per heavy atom. The third-order valence-corrected chi connectivity index (χ3v) is 1.81. The molecule has 0 spiro atoms. The monoisotopic (exact) mass is 145 g/mol. The second-order valence-electron chi connectivity index (χ2n) is 1.82. The van der Waals surface area contributed by atoms with E-state index in [1.54, 1.807) is 13.2 Å². The van der Waals surface area contributed by atoms with Gasteiger partial charge in [0, 0.05) is 18.6 Å². The molecule has 1 atom stereocenters. The molecule has 0 bridgehead atoms. The number of hydrogen-bond acceptors (Lipinski definition) is 3. The minimum atomic E-state index is -0.126. The summed E-state index contributed by atoms with van der Waals surface area (Å²) in [6, 6.07) is 0. The van der Waals surface area contributed by atoms with Gasteiger partial charge in [0.1, 0.15) is 0 Å². The van der Waals surface area contributed by atoms with Gasteiger partial charge in [-0.05, 0) is 0 Å². The molecule has 0 heterocycles. The highest BCUT2D eigenvalue weighted by Gasteiger charge is 2.01. The fourth-order valence-corrected chi connectivity index (χ4v) is 0.829. The maximum atomic E-state index is 10.3. The molecule has 0 N–H and O–H groups in total. The van der Waals surface area contributed by atoms with Crippen LogP contribution in [0.15, 0.2) is 0 Å². The molecule has 0 aromatic heterocycles. The van der Waals surface area contributed by atoms with E-state index in [4.69, 9.17) is 0 Å². The number of thioether (sulfide) groups is 1. The van der Waals surface area contributed by atoms with Crippen LogP contribution in [0.1, 0.15) is 13.8 Å². The molecule has 0 aromatic carbocycles. The minimum absolute atomic E-state index is 0.0529. The second-order valence-corrected chi connectivity index (χ2v) is 3.02. The van der Waals surface area contributed by atoms with Crippen LogP contribution in [0.5, 0.6) is 0 Å². The lowest BCUT2D eigenvalue weighted by molar-refractivity contribution is -0.109. The molecule has 0 rings (SSSR count). The summed E-state index contributed by atoms with van der Waals surface area (Å²) in [5.41, 5.74) is 0. The molecule has 0 fully saturated rings. The van der Waals surface area contributed by atoms with Crippen molar-refractivity contribution in [1.29, 1.82) is 0 Å². The normalized spacial score (nSPS) is 12.7. The lowest BCUT2D eigenvalue weighted by Crippen LogP contribution is -2.00. The summed E-state index contributed by atoms with van der Waals surface area (Å²) in [6.07, 6.45) is 1.80. The highest BCUT2D eigenvalue weighted by molar-refractivity contribution is 8.13. The number of hydrogen-bond donors (Lipinski definition) is 0. The van der Waals surface area contributed by atoms with Crippen LogP contribution in [0, 0.1) is 5.92 Å². The molecule has 0 saturated carbocycles. The van der Waals surface area contributed by atoms with Gasteiger partial charge >= 0.3 is 0 Å². The largest absolute Gasteiger partial charge is 0.291 e. The van der Waals surface area contributed by atoms with Crippen molar-refractivity contribution in [3.8, 4) is 0 Å². The Kier molecular flexibility index (Phi) is 4.40. The summed E-state index contributed by atoms with van der Waals surface area (Å²) in [6.45, 7) is 3.23. The molecule has 0 amide bonds. The average Bonchev–Trinajstić information content (AvgIpc) is 1.83. The zero-order valence-corrected chi connectivity index (χ0v) is 6.33. The van der Waals surface area contributed by atoms with Crippen molar-refractivity contribution in [1.82, 2.24) is 0 Å². The van der Waals surface area contributed by atoms with Crippen LogP contribution in [0.3, 0.4) is 0 Å². The maximum absolute atomic E-state index is 10.3. The first-order chi connectivity index (χ1) is 4.16. The number of rotatable bonds is 3. The number of carbonyl (C=O) groups excluding carboxylic acids is 2. The summed E-state index contributed by atoms with van der Waals surface area (Å²) in [5, 5.41) is 0.0529. The van der Waals surface area contributed by atoms with Gasteiger partial charge in [0.05, 0.1) is 0 Å². The molecular weight excluding hydrogens is 136 g/mol. The third-order valence-electron chi connectivity index (χ3n) is 0.738. The van der Waals surface area contributed by atoms with Crippen molar-refractivity contribution in [3.05, 3.63) is 0 Å². The Morgan fingerprint density at radius 3 is 2.67 bits per heavy atom. The highest BCUT2D eigenvalue weighted by Crippen LogP contribution is 2.05. The summed E-state index contributed by atoms with van der Waals surface area (Å²) in [4.78, 5) is 20.2. The summed E-state index contributed by atoms with van der Waals surface area (Å²) in [7, 11) is 0. The molecule has 51 valence electrons. The van der Waals surface area contributed by atoms with Crippen molar-refractivity contribution in [3.63, 3.8) is 0 Å². The first-order valence-corrected chi connectivity index (χ1v) is 3.66. The Balaban J connectivity index is 3.26. The van der Waals surface area contributed by atoms with Crippen LogP contribution in [0.4, 0.5) is 0 Å². The van der Waals surface area contributed by atoms with Gasteiger partial charge in [0.2, 0.25) is 6.29 Å². The van der Waals surface area contributed by atoms with Crippen LogP contribution >= 0.6 is 11.8 Å². The summed E-state index contributed by atoms with van der Waals surface area (Å²) >= 11 is 1.16. The summed E-state index contributed by atoms with van der Waals surface area (Å²) < 4.78 is 0. The molecule has 0 unspecified atom stereocenters. The van der Waals surface area contributed by atoms with E-state index in [1.807, 2.05) is 0 Å². The van der Waals surface area contributed by atoms with E-state index in [0.717, 1.165) is 11.8 Å². The van der Waals surface area contributed by atoms with Gasteiger partial charge in [0.15, 0.2) is 5.12 Å². The topological polar surface area (TPSA) is 34.1 Å². The molecular formula is C6H9O2S. The SMILES string of the molecule is CC(=O)SC[C@@H](C)[C]=O. The predicted octanol–water partition coefficient (Wildman–Crippen LogP) is 1.01. The van der Waals surface area contributed by atoms with E-state index in [9.17, 15) is 9.59 Å². The van der Waals surface area contributed by atoms with E-state index in [1.165, 1.54) is 6.92 Å². The molecule has 2 nitrogen and oxygen atoms in total. The predicted molar refractivity (Wildman–Crippen MR) is 38.0 cm³/mol. The molecule has 9 heavy (non-hydrogen) atoms. The fraction of sp³-hybridized carbons (Fsp3) is 0.667. The van der Waals surface area contributed by atoms with Crippen molar-refractivity contribution in [2.75, 3.05) is 5.75 Å². The Morgan fingerprint density at radius 1 is 1.78 bits per heavy atom. The fourth-order valence-electron chi connectivity index (χ4n) is 0.276. The zero-order valence-electron chi connectivity index (χ0n) is 5.51. The zero-order chi connectivity index (χ0) is 7.28. The second kappa shape index (κ2) is 4.56. The van der Waals surface area contributed by atoms with Crippen LogP contribution < -0.4 is 0 Å². The van der Waals surface area contributed by atoms with E-state index in [0.29, 0.717) is 5.75 Å². The van der Waals surface area contributed by atoms with Crippen molar-refractivity contribution >= 4 is 23.2 Å². The molecule has 0 saturated heterocycles. The van der Waals surface area contributed by atoms with Gasteiger partial charge in [0.25, 0.3) is 0 Å². The van der Waals surface area contributed by atoms with Crippen molar-refractivity contribution in [2.24, 2.45) is 5.92 Å². The van der Waals surface area contributed by atoms with Crippen LogP contribution in [-0.2, 0) is 9.59 Å². The van der Waals surface area contributed by atoms with Gasteiger partial charge in [-0.2, -0.15) is 0 Å². The lowest BCUT2D eigenvalue weighted by Gasteiger charge is -1.96. The standard InChI is InChI=1S/C6H9O2S/c1-5(3-7)4-9-6(2)8/h5H,4H2,1-2H3/t5-/m0/s1.